The second-order valence-corrected chi connectivity index (χ2v) is 8.65. The highest BCUT2D eigenvalue weighted by Gasteiger charge is 2.21. The maximum atomic E-state index is 10.9. The third-order valence-electron chi connectivity index (χ3n) is 3.98. The first kappa shape index (κ1) is 19.2. The Morgan fingerprint density at radius 1 is 1.29 bits per heavy atom. The van der Waals surface area contributed by atoms with E-state index in [2.05, 4.69) is 46.8 Å². The number of anilines is 1. The van der Waals surface area contributed by atoms with Crippen LogP contribution in [0.2, 0.25) is 0 Å². The van der Waals surface area contributed by atoms with Crippen molar-refractivity contribution >= 4 is 32.0 Å². The third-order valence-corrected chi connectivity index (χ3v) is 4.93. The van der Waals surface area contributed by atoms with Crippen LogP contribution in [0.25, 0.3) is 0 Å². The summed E-state index contributed by atoms with van der Waals surface area (Å²) in [6.45, 7) is 0.876. The van der Waals surface area contributed by atoms with Gasteiger partial charge in [0.25, 0.3) is 10.1 Å². The number of hydrogen-bond acceptors (Lipinski definition) is 6. The molecule has 1 saturated carbocycles. The summed E-state index contributed by atoms with van der Waals surface area (Å²) in [4.78, 5) is 10.7. The van der Waals surface area contributed by atoms with E-state index in [4.69, 9.17) is 0 Å². The molecule has 0 bridgehead atoms. The van der Waals surface area contributed by atoms with Crippen molar-refractivity contribution in [1.82, 2.24) is 9.97 Å². The van der Waals surface area contributed by atoms with Crippen LogP contribution in [-0.4, -0.2) is 44.8 Å². The molecular formula is C16H22BrN3O3S. The summed E-state index contributed by atoms with van der Waals surface area (Å²) in [5, 5.41) is 0. The molecule has 1 aromatic rings. The van der Waals surface area contributed by atoms with Gasteiger partial charge in [0.2, 0.25) is 5.95 Å². The molecule has 132 valence electrons. The predicted octanol–water partition coefficient (Wildman–Crippen LogP) is 2.46. The lowest BCUT2D eigenvalue weighted by Crippen LogP contribution is -2.29. The molecule has 1 aliphatic rings. The summed E-state index contributed by atoms with van der Waals surface area (Å²) in [7, 11) is -1.39. The fraction of sp³-hybridized carbons (Fsp3) is 0.625. The Kier molecular flexibility index (Phi) is 7.02. The van der Waals surface area contributed by atoms with E-state index in [0.717, 1.165) is 48.9 Å². The Hall–Kier alpha value is -1.17. The Balaban J connectivity index is 1.74. The van der Waals surface area contributed by atoms with Gasteiger partial charge in [0.05, 0.1) is 10.7 Å². The van der Waals surface area contributed by atoms with E-state index in [0.29, 0.717) is 11.8 Å². The van der Waals surface area contributed by atoms with Crippen LogP contribution < -0.4 is 4.90 Å². The molecule has 0 amide bonds. The van der Waals surface area contributed by atoms with Crippen LogP contribution in [0.5, 0.6) is 0 Å². The fourth-order valence-corrected chi connectivity index (χ4v) is 3.26. The summed E-state index contributed by atoms with van der Waals surface area (Å²) in [5.74, 6) is 7.61. The molecule has 24 heavy (non-hydrogen) atoms. The van der Waals surface area contributed by atoms with E-state index in [1.165, 1.54) is 0 Å². The molecule has 0 spiro atoms. The molecule has 6 nitrogen and oxygen atoms in total. The first-order valence-electron chi connectivity index (χ1n) is 7.85. The van der Waals surface area contributed by atoms with E-state index in [-0.39, 0.29) is 6.61 Å². The standard InChI is InChI=1S/C16H22BrN3O3S/c1-20(16-18-10-15(17)11-19-16)12-14-7-5-13(6-8-14)4-3-9-23-24(2,21)22/h10-11,13-14H,5-9,12H2,1-2H3. The first-order chi connectivity index (χ1) is 11.3. The van der Waals surface area contributed by atoms with Gasteiger partial charge in [-0.3, -0.25) is 4.18 Å². The molecule has 0 aromatic carbocycles. The summed E-state index contributed by atoms with van der Waals surface area (Å²) in [6.07, 6.45) is 8.82. The Labute approximate surface area is 152 Å². The average molecular weight is 416 g/mol. The van der Waals surface area contributed by atoms with Crippen LogP contribution >= 0.6 is 15.9 Å². The molecule has 0 unspecified atom stereocenters. The molecule has 1 aliphatic carbocycles. The second-order valence-electron chi connectivity index (χ2n) is 6.09. The van der Waals surface area contributed by atoms with Gasteiger partial charge in [-0.25, -0.2) is 9.97 Å². The zero-order chi connectivity index (χ0) is 17.6. The lowest BCUT2D eigenvalue weighted by Gasteiger charge is -2.29. The molecule has 1 aromatic heterocycles. The van der Waals surface area contributed by atoms with Crippen molar-refractivity contribution in [3.05, 3.63) is 16.9 Å². The van der Waals surface area contributed by atoms with E-state index in [1.54, 1.807) is 12.4 Å². The molecule has 1 fully saturated rings. The maximum Gasteiger partial charge on any atom is 0.265 e. The van der Waals surface area contributed by atoms with Crippen LogP contribution in [0.3, 0.4) is 0 Å². The van der Waals surface area contributed by atoms with Gasteiger partial charge in [0.15, 0.2) is 0 Å². The van der Waals surface area contributed by atoms with Gasteiger partial charge in [0.1, 0.15) is 6.61 Å². The number of halogens is 1. The Bertz CT molecular complexity index is 690. The summed E-state index contributed by atoms with van der Waals surface area (Å²) in [6, 6.07) is 0. The van der Waals surface area contributed by atoms with Crippen molar-refractivity contribution in [3.8, 4) is 11.8 Å². The van der Waals surface area contributed by atoms with Gasteiger partial charge in [-0.05, 0) is 47.5 Å². The molecule has 8 heteroatoms. The van der Waals surface area contributed by atoms with Crippen molar-refractivity contribution in [1.29, 1.82) is 0 Å². The van der Waals surface area contributed by atoms with Gasteiger partial charge < -0.3 is 4.90 Å². The quantitative estimate of drug-likeness (QED) is 0.543. The smallest absolute Gasteiger partial charge is 0.265 e. The highest BCUT2D eigenvalue weighted by molar-refractivity contribution is 9.10. The number of rotatable bonds is 5. The van der Waals surface area contributed by atoms with Crippen molar-refractivity contribution in [3.63, 3.8) is 0 Å². The fourth-order valence-electron chi connectivity index (χ4n) is 2.78. The van der Waals surface area contributed by atoms with Crippen LogP contribution in [-0.2, 0) is 14.3 Å². The summed E-state index contributed by atoms with van der Waals surface area (Å²) < 4.78 is 27.2. The molecule has 1 heterocycles. The van der Waals surface area contributed by atoms with E-state index in [9.17, 15) is 8.42 Å². The first-order valence-corrected chi connectivity index (χ1v) is 10.5. The highest BCUT2D eigenvalue weighted by atomic mass is 79.9. The molecule has 0 saturated heterocycles. The molecule has 2 rings (SSSR count). The summed E-state index contributed by atoms with van der Waals surface area (Å²) in [5.41, 5.74) is 0. The van der Waals surface area contributed by atoms with Crippen molar-refractivity contribution in [2.75, 3.05) is 31.4 Å². The second kappa shape index (κ2) is 8.79. The largest absolute Gasteiger partial charge is 0.344 e. The van der Waals surface area contributed by atoms with E-state index < -0.39 is 10.1 Å². The van der Waals surface area contributed by atoms with Crippen molar-refractivity contribution < 1.29 is 12.6 Å². The molecule has 0 radical (unpaired) electrons. The lowest BCUT2D eigenvalue weighted by molar-refractivity contribution is 0.318. The molecule has 0 aliphatic heterocycles. The zero-order valence-electron chi connectivity index (χ0n) is 13.9. The number of nitrogens with zero attached hydrogens (tertiary/aromatic N) is 3. The monoisotopic (exact) mass is 415 g/mol. The molecular weight excluding hydrogens is 394 g/mol. The van der Waals surface area contributed by atoms with Crippen LogP contribution in [0.15, 0.2) is 16.9 Å². The van der Waals surface area contributed by atoms with E-state index >= 15 is 0 Å². The maximum absolute atomic E-state index is 10.9. The topological polar surface area (TPSA) is 72.4 Å². The SMILES string of the molecule is CN(CC1CCC(C#CCOS(C)(=O)=O)CC1)c1ncc(Br)cn1. The van der Waals surface area contributed by atoms with Gasteiger partial charge in [-0.15, -0.1) is 0 Å². The molecule has 0 N–H and O–H groups in total. The van der Waals surface area contributed by atoms with E-state index in [1.807, 2.05) is 7.05 Å². The van der Waals surface area contributed by atoms with Crippen LogP contribution in [0.4, 0.5) is 5.95 Å². The Morgan fingerprint density at radius 3 is 2.50 bits per heavy atom. The highest BCUT2D eigenvalue weighted by Crippen LogP contribution is 2.29. The van der Waals surface area contributed by atoms with Crippen molar-refractivity contribution in [2.24, 2.45) is 11.8 Å². The van der Waals surface area contributed by atoms with Crippen LogP contribution in [0.1, 0.15) is 25.7 Å². The molecule has 0 atom stereocenters. The van der Waals surface area contributed by atoms with Gasteiger partial charge >= 0.3 is 0 Å². The minimum Gasteiger partial charge on any atom is -0.344 e. The van der Waals surface area contributed by atoms with Gasteiger partial charge in [-0.2, -0.15) is 8.42 Å². The lowest BCUT2D eigenvalue weighted by atomic mass is 9.82. The van der Waals surface area contributed by atoms with Gasteiger partial charge in [-0.1, -0.05) is 11.8 Å². The zero-order valence-corrected chi connectivity index (χ0v) is 16.3. The predicted molar refractivity (Wildman–Crippen MR) is 97.0 cm³/mol. The van der Waals surface area contributed by atoms with Crippen molar-refractivity contribution in [2.45, 2.75) is 25.7 Å². The number of aromatic nitrogens is 2. The normalized spacial score (nSPS) is 21.0. The third kappa shape index (κ3) is 6.75. The van der Waals surface area contributed by atoms with Crippen LogP contribution in [0, 0.1) is 23.7 Å². The minimum absolute atomic E-state index is 0.0532. The average Bonchev–Trinajstić information content (AvgIpc) is 2.53. The minimum atomic E-state index is -3.40. The number of hydrogen-bond donors (Lipinski definition) is 0. The van der Waals surface area contributed by atoms with Gasteiger partial charge in [0, 0.05) is 31.9 Å². The summed E-state index contributed by atoms with van der Waals surface area (Å²) >= 11 is 3.34. The Morgan fingerprint density at radius 2 is 1.92 bits per heavy atom.